The van der Waals surface area contributed by atoms with Gasteiger partial charge in [-0.05, 0) is 82.4 Å². The molecule has 1 aliphatic rings. The van der Waals surface area contributed by atoms with E-state index in [9.17, 15) is 0 Å². The molecule has 0 fully saturated rings. The van der Waals surface area contributed by atoms with Crippen molar-refractivity contribution in [3.63, 3.8) is 0 Å². The molecule has 3 rings (SSSR count). The number of nitrogens with one attached hydrogen (secondary N) is 4. The summed E-state index contributed by atoms with van der Waals surface area (Å²) in [6, 6.07) is 13.8. The quantitative estimate of drug-likeness (QED) is 0.590. The van der Waals surface area contributed by atoms with Crippen LogP contribution in [0.4, 0.5) is 22.7 Å². The van der Waals surface area contributed by atoms with Gasteiger partial charge in [0.25, 0.3) is 0 Å². The number of thiocarbonyl (C=S) groups is 1. The summed E-state index contributed by atoms with van der Waals surface area (Å²) in [5.41, 5.74) is 3.82. The van der Waals surface area contributed by atoms with Gasteiger partial charge in [0.1, 0.15) is 11.4 Å². The van der Waals surface area contributed by atoms with Gasteiger partial charge in [0.05, 0.1) is 17.5 Å². The first kappa shape index (κ1) is 17.4. The molecule has 1 aliphatic heterocycles. The lowest BCUT2D eigenvalue weighted by Gasteiger charge is -2.21. The van der Waals surface area contributed by atoms with Crippen LogP contribution in [-0.4, -0.2) is 16.9 Å². The average molecular weight is 356 g/mol. The van der Waals surface area contributed by atoms with Crippen LogP contribution in [0.5, 0.6) is 5.75 Å². The first-order valence-electron chi connectivity index (χ1n) is 8.33. The first-order valence-corrected chi connectivity index (χ1v) is 8.73. The van der Waals surface area contributed by atoms with Crippen LogP contribution in [0.15, 0.2) is 42.5 Å². The molecule has 0 spiro atoms. The maximum atomic E-state index is 5.82. The van der Waals surface area contributed by atoms with Crippen molar-refractivity contribution in [2.45, 2.75) is 39.5 Å². The van der Waals surface area contributed by atoms with E-state index in [1.165, 1.54) is 0 Å². The van der Waals surface area contributed by atoms with Crippen molar-refractivity contribution in [1.82, 2.24) is 0 Å². The van der Waals surface area contributed by atoms with E-state index in [1.807, 2.05) is 63.2 Å². The van der Waals surface area contributed by atoms with E-state index < -0.39 is 0 Å². The van der Waals surface area contributed by atoms with Crippen molar-refractivity contribution in [3.05, 3.63) is 42.5 Å². The van der Waals surface area contributed by atoms with Crippen molar-refractivity contribution in [2.75, 3.05) is 21.3 Å². The van der Waals surface area contributed by atoms with Crippen LogP contribution in [0.2, 0.25) is 0 Å². The zero-order valence-electron chi connectivity index (χ0n) is 14.9. The highest BCUT2D eigenvalue weighted by Crippen LogP contribution is 2.31. The summed E-state index contributed by atoms with van der Waals surface area (Å²) >= 11 is 5.40. The predicted octanol–water partition coefficient (Wildman–Crippen LogP) is 4.86. The second-order valence-electron chi connectivity index (χ2n) is 7.09. The monoisotopic (exact) mass is 356 g/mol. The summed E-state index contributed by atoms with van der Waals surface area (Å²) in [5, 5.41) is 13.6. The Bertz CT molecular complexity index is 768. The molecule has 0 saturated carbocycles. The number of ether oxygens (including phenoxy) is 1. The van der Waals surface area contributed by atoms with Gasteiger partial charge in [0.2, 0.25) is 0 Å². The molecule has 132 valence electrons. The van der Waals surface area contributed by atoms with Gasteiger partial charge in [-0.3, -0.25) is 0 Å². The molecule has 1 unspecified atom stereocenters. The van der Waals surface area contributed by atoms with Crippen LogP contribution in [-0.2, 0) is 0 Å². The first-order chi connectivity index (χ1) is 11.8. The molecule has 1 heterocycles. The van der Waals surface area contributed by atoms with E-state index >= 15 is 0 Å². The number of hydrogen-bond donors (Lipinski definition) is 4. The molecule has 2 aromatic rings. The maximum absolute atomic E-state index is 5.82. The molecule has 0 aliphatic carbocycles. The Morgan fingerprint density at radius 3 is 2.24 bits per heavy atom. The van der Waals surface area contributed by atoms with E-state index in [-0.39, 0.29) is 11.8 Å². The zero-order chi connectivity index (χ0) is 18.0. The summed E-state index contributed by atoms with van der Waals surface area (Å²) in [5.74, 6) is 0.836. The second kappa shape index (κ2) is 6.80. The average Bonchev–Trinajstić information content (AvgIpc) is 2.87. The van der Waals surface area contributed by atoms with E-state index in [0.29, 0.717) is 5.11 Å². The molecular weight excluding hydrogens is 332 g/mol. The van der Waals surface area contributed by atoms with Crippen LogP contribution in [0, 0.1) is 0 Å². The van der Waals surface area contributed by atoms with Gasteiger partial charge < -0.3 is 26.0 Å². The van der Waals surface area contributed by atoms with Crippen LogP contribution in [0.1, 0.15) is 27.7 Å². The normalized spacial score (nSPS) is 15.6. The van der Waals surface area contributed by atoms with Gasteiger partial charge >= 0.3 is 0 Å². The largest absolute Gasteiger partial charge is 0.488 e. The minimum atomic E-state index is -0.209. The Morgan fingerprint density at radius 2 is 1.56 bits per heavy atom. The topological polar surface area (TPSA) is 57.3 Å². The summed E-state index contributed by atoms with van der Waals surface area (Å²) in [6.45, 7) is 8.16. The lowest BCUT2D eigenvalue weighted by Crippen LogP contribution is -2.23. The van der Waals surface area contributed by atoms with Crippen LogP contribution >= 0.6 is 12.2 Å². The molecule has 1 atom stereocenters. The van der Waals surface area contributed by atoms with Crippen molar-refractivity contribution in [1.29, 1.82) is 0 Å². The Hall–Kier alpha value is -2.47. The minimum Gasteiger partial charge on any atom is -0.488 e. The third-order valence-electron chi connectivity index (χ3n) is 3.56. The molecule has 0 aromatic heterocycles. The number of benzene rings is 2. The molecule has 5 nitrogen and oxygen atoms in total. The summed E-state index contributed by atoms with van der Waals surface area (Å²) in [6.07, 6.45) is 0.240. The van der Waals surface area contributed by atoms with E-state index in [4.69, 9.17) is 17.0 Å². The van der Waals surface area contributed by atoms with Crippen molar-refractivity contribution in [2.24, 2.45) is 0 Å². The van der Waals surface area contributed by atoms with Gasteiger partial charge in [-0.1, -0.05) is 0 Å². The number of hydrogen-bond acceptors (Lipinski definition) is 4. The Morgan fingerprint density at radius 1 is 0.960 bits per heavy atom. The second-order valence-corrected chi connectivity index (χ2v) is 7.50. The highest BCUT2D eigenvalue weighted by molar-refractivity contribution is 7.80. The molecule has 0 saturated heterocycles. The fraction of sp³-hybridized carbons (Fsp3) is 0.316. The Balaban J connectivity index is 1.59. The van der Waals surface area contributed by atoms with Gasteiger partial charge in [-0.2, -0.15) is 0 Å². The van der Waals surface area contributed by atoms with Crippen LogP contribution in [0.3, 0.4) is 0 Å². The molecule has 4 N–H and O–H groups in total. The molecule has 0 radical (unpaired) electrons. The van der Waals surface area contributed by atoms with Crippen LogP contribution < -0.4 is 26.0 Å². The third kappa shape index (κ3) is 4.76. The van der Waals surface area contributed by atoms with Crippen LogP contribution in [0.25, 0.3) is 0 Å². The Labute approximate surface area is 154 Å². The fourth-order valence-corrected chi connectivity index (χ4v) is 2.86. The van der Waals surface area contributed by atoms with Crippen molar-refractivity contribution >= 4 is 40.1 Å². The summed E-state index contributed by atoms with van der Waals surface area (Å²) in [7, 11) is 0. The molecule has 0 bridgehead atoms. The van der Waals surface area contributed by atoms with Gasteiger partial charge in [0, 0.05) is 11.4 Å². The smallest absolute Gasteiger partial charge is 0.175 e. The number of fused-ring (bicyclic) bond motifs is 1. The van der Waals surface area contributed by atoms with Gasteiger partial charge in [-0.15, -0.1) is 0 Å². The maximum Gasteiger partial charge on any atom is 0.175 e. The van der Waals surface area contributed by atoms with Gasteiger partial charge in [-0.25, -0.2) is 0 Å². The van der Waals surface area contributed by atoms with E-state index in [0.717, 1.165) is 28.5 Å². The predicted molar refractivity (Wildman–Crippen MR) is 110 cm³/mol. The fourth-order valence-electron chi connectivity index (χ4n) is 2.62. The molecule has 25 heavy (non-hydrogen) atoms. The summed E-state index contributed by atoms with van der Waals surface area (Å²) in [4.78, 5) is 0. The van der Waals surface area contributed by atoms with E-state index in [2.05, 4.69) is 28.2 Å². The zero-order valence-corrected chi connectivity index (χ0v) is 15.8. The molecule has 6 heteroatoms. The Kier molecular flexibility index (Phi) is 4.72. The minimum absolute atomic E-state index is 0.209. The highest BCUT2D eigenvalue weighted by Gasteiger charge is 2.15. The standard InChI is InChI=1S/C19H24N4OS/c1-12-20-16-10-7-14(11-17(16)21-12)23-18(25)22-13-5-8-15(9-6-13)24-19(2,3)4/h5-12,20-21H,1-4H3,(H2,22,23,25). The lowest BCUT2D eigenvalue weighted by atomic mass is 10.2. The summed E-state index contributed by atoms with van der Waals surface area (Å²) < 4.78 is 5.82. The SMILES string of the molecule is CC1Nc2ccc(NC(=S)Nc3ccc(OC(C)(C)C)cc3)cc2N1. The van der Waals surface area contributed by atoms with Crippen molar-refractivity contribution < 1.29 is 4.74 Å². The highest BCUT2D eigenvalue weighted by atomic mass is 32.1. The van der Waals surface area contributed by atoms with E-state index in [1.54, 1.807) is 0 Å². The lowest BCUT2D eigenvalue weighted by molar-refractivity contribution is 0.131. The third-order valence-corrected chi connectivity index (χ3v) is 3.76. The number of anilines is 4. The number of rotatable bonds is 3. The molecular formula is C19H24N4OS. The molecule has 2 aromatic carbocycles. The molecule has 0 amide bonds. The van der Waals surface area contributed by atoms with Crippen molar-refractivity contribution in [3.8, 4) is 5.75 Å². The van der Waals surface area contributed by atoms with Gasteiger partial charge in [0.15, 0.2) is 5.11 Å².